The Hall–Kier alpha value is -3.23. The highest BCUT2D eigenvalue weighted by atomic mass is 32.2. The van der Waals surface area contributed by atoms with Crippen molar-refractivity contribution in [2.24, 2.45) is 0 Å². The van der Waals surface area contributed by atoms with Gasteiger partial charge in [0.15, 0.2) is 0 Å². The molecular formula is C19H17N3O4S. The first-order chi connectivity index (χ1) is 12.9. The van der Waals surface area contributed by atoms with Crippen molar-refractivity contribution in [3.05, 3.63) is 84.2 Å². The molecular weight excluding hydrogens is 366 g/mol. The number of pyridine rings is 1. The zero-order valence-corrected chi connectivity index (χ0v) is 15.0. The van der Waals surface area contributed by atoms with Gasteiger partial charge in [-0.2, -0.15) is 0 Å². The van der Waals surface area contributed by atoms with Gasteiger partial charge >= 0.3 is 0 Å². The molecule has 0 aliphatic carbocycles. The number of carbonyl (C=O) groups is 1. The Bertz CT molecular complexity index is 1020. The molecule has 0 bridgehead atoms. The Morgan fingerprint density at radius 2 is 1.70 bits per heavy atom. The third-order valence-corrected chi connectivity index (χ3v) is 5.17. The maximum absolute atomic E-state index is 12.2. The highest BCUT2D eigenvalue weighted by Gasteiger charge is 2.13. The van der Waals surface area contributed by atoms with Crippen molar-refractivity contribution < 1.29 is 18.3 Å². The van der Waals surface area contributed by atoms with Crippen LogP contribution < -0.4 is 10.0 Å². The number of phenolic OH excluding ortho intramolecular Hbond substituents is 1. The van der Waals surface area contributed by atoms with Gasteiger partial charge in [-0.15, -0.1) is 0 Å². The smallest absolute Gasteiger partial charge is 0.255 e. The van der Waals surface area contributed by atoms with Gasteiger partial charge in [-0.05, 0) is 54.1 Å². The van der Waals surface area contributed by atoms with Crippen molar-refractivity contribution in [3.63, 3.8) is 0 Å². The first kappa shape index (κ1) is 18.6. The third-order valence-electron chi connectivity index (χ3n) is 3.75. The van der Waals surface area contributed by atoms with Gasteiger partial charge in [0, 0.05) is 18.3 Å². The number of anilines is 1. The van der Waals surface area contributed by atoms with Crippen LogP contribution in [0.4, 0.5) is 5.69 Å². The molecule has 3 N–H and O–H groups in total. The average Bonchev–Trinajstić information content (AvgIpc) is 2.68. The minimum Gasteiger partial charge on any atom is -0.508 e. The number of aromatic hydroxyl groups is 1. The first-order valence-corrected chi connectivity index (χ1v) is 9.51. The fraction of sp³-hybridized carbons (Fsp3) is 0.0526. The number of nitrogens with one attached hydrogen (secondary N) is 2. The molecule has 0 fully saturated rings. The molecule has 3 aromatic rings. The summed E-state index contributed by atoms with van der Waals surface area (Å²) >= 11 is 0. The maximum atomic E-state index is 12.2. The first-order valence-electron chi connectivity index (χ1n) is 8.03. The van der Waals surface area contributed by atoms with Crippen molar-refractivity contribution >= 4 is 21.6 Å². The fourth-order valence-corrected chi connectivity index (χ4v) is 3.32. The van der Waals surface area contributed by atoms with Crippen LogP contribution in [0.3, 0.4) is 0 Å². The molecule has 0 spiro atoms. The van der Waals surface area contributed by atoms with Crippen LogP contribution in [0.5, 0.6) is 5.75 Å². The molecule has 3 rings (SSSR count). The van der Waals surface area contributed by atoms with E-state index in [0.717, 1.165) is 0 Å². The Kier molecular flexibility index (Phi) is 5.49. The highest BCUT2D eigenvalue weighted by molar-refractivity contribution is 7.89. The van der Waals surface area contributed by atoms with Crippen LogP contribution in [-0.2, 0) is 16.6 Å². The molecule has 0 aliphatic rings. The van der Waals surface area contributed by atoms with Crippen LogP contribution in [0.1, 0.15) is 15.9 Å². The van der Waals surface area contributed by atoms with Gasteiger partial charge in [0.05, 0.1) is 16.8 Å². The number of benzene rings is 2. The molecule has 0 aliphatic heterocycles. The Morgan fingerprint density at radius 3 is 2.33 bits per heavy atom. The second-order valence-electron chi connectivity index (χ2n) is 5.71. The van der Waals surface area contributed by atoms with Crippen molar-refractivity contribution in [1.82, 2.24) is 9.71 Å². The van der Waals surface area contributed by atoms with E-state index in [1.54, 1.807) is 48.8 Å². The molecule has 27 heavy (non-hydrogen) atoms. The summed E-state index contributed by atoms with van der Waals surface area (Å²) in [4.78, 5) is 16.2. The van der Waals surface area contributed by atoms with Crippen molar-refractivity contribution in [2.45, 2.75) is 11.4 Å². The topological polar surface area (TPSA) is 108 Å². The van der Waals surface area contributed by atoms with Crippen LogP contribution in [-0.4, -0.2) is 24.4 Å². The standard InChI is InChI=1S/C19H17N3O4S/c23-17-7-9-18(10-8-17)27(25,26)21-12-14-3-5-15(6-4-14)19(24)22-16-2-1-11-20-13-16/h1-11,13,21,23H,12H2,(H,22,24). The second-order valence-corrected chi connectivity index (χ2v) is 7.48. The summed E-state index contributed by atoms with van der Waals surface area (Å²) in [5.41, 5.74) is 1.74. The van der Waals surface area contributed by atoms with Crippen LogP contribution >= 0.6 is 0 Å². The van der Waals surface area contributed by atoms with Gasteiger partial charge < -0.3 is 10.4 Å². The van der Waals surface area contributed by atoms with Crippen molar-refractivity contribution in [3.8, 4) is 5.75 Å². The molecule has 1 amide bonds. The summed E-state index contributed by atoms with van der Waals surface area (Å²) in [6.07, 6.45) is 3.16. The number of phenols is 1. The van der Waals surface area contributed by atoms with Crippen molar-refractivity contribution in [1.29, 1.82) is 0 Å². The highest BCUT2D eigenvalue weighted by Crippen LogP contribution is 2.15. The Morgan fingerprint density at radius 1 is 1.00 bits per heavy atom. The van der Waals surface area contributed by atoms with Crippen molar-refractivity contribution in [2.75, 3.05) is 5.32 Å². The second kappa shape index (κ2) is 7.98. The molecule has 138 valence electrons. The quantitative estimate of drug-likeness (QED) is 0.606. The minimum absolute atomic E-state index is 0.00546. The van der Waals surface area contributed by atoms with Gasteiger partial charge in [0.1, 0.15) is 5.75 Å². The van der Waals surface area contributed by atoms with E-state index in [4.69, 9.17) is 0 Å². The lowest BCUT2D eigenvalue weighted by Gasteiger charge is -2.08. The predicted octanol–water partition coefficient (Wildman–Crippen LogP) is 2.52. The van der Waals surface area contributed by atoms with E-state index in [1.807, 2.05) is 0 Å². The molecule has 1 heterocycles. The number of rotatable bonds is 6. The number of hydrogen-bond donors (Lipinski definition) is 3. The van der Waals surface area contributed by atoms with Crippen LogP contribution in [0, 0.1) is 0 Å². The minimum atomic E-state index is -3.69. The molecule has 0 unspecified atom stereocenters. The molecule has 7 nitrogen and oxygen atoms in total. The van der Waals surface area contributed by atoms with E-state index in [2.05, 4.69) is 15.0 Å². The maximum Gasteiger partial charge on any atom is 0.255 e. The van der Waals surface area contributed by atoms with Gasteiger partial charge in [0.25, 0.3) is 5.91 Å². The van der Waals surface area contributed by atoms with Crippen LogP contribution in [0.15, 0.2) is 78.0 Å². The van der Waals surface area contributed by atoms with Crippen LogP contribution in [0.25, 0.3) is 0 Å². The monoisotopic (exact) mass is 383 g/mol. The lowest BCUT2D eigenvalue weighted by molar-refractivity contribution is 0.102. The molecule has 0 saturated carbocycles. The lowest BCUT2D eigenvalue weighted by atomic mass is 10.1. The molecule has 0 radical (unpaired) electrons. The third kappa shape index (κ3) is 4.90. The summed E-state index contributed by atoms with van der Waals surface area (Å²) in [6.45, 7) is 0.0771. The Labute approximate surface area is 156 Å². The number of carbonyl (C=O) groups excluding carboxylic acids is 1. The number of nitrogens with zero attached hydrogens (tertiary/aromatic N) is 1. The zero-order valence-electron chi connectivity index (χ0n) is 14.2. The largest absolute Gasteiger partial charge is 0.508 e. The molecule has 0 saturated heterocycles. The van der Waals surface area contributed by atoms with E-state index in [-0.39, 0.29) is 23.1 Å². The summed E-state index contributed by atoms with van der Waals surface area (Å²) in [5, 5.41) is 12.0. The SMILES string of the molecule is O=C(Nc1cccnc1)c1ccc(CNS(=O)(=O)c2ccc(O)cc2)cc1. The van der Waals surface area contributed by atoms with Gasteiger partial charge in [0.2, 0.25) is 10.0 Å². The van der Waals surface area contributed by atoms with Gasteiger partial charge in [-0.3, -0.25) is 9.78 Å². The van der Waals surface area contributed by atoms with Crippen LogP contribution in [0.2, 0.25) is 0 Å². The predicted molar refractivity (Wildman–Crippen MR) is 101 cm³/mol. The number of amides is 1. The van der Waals surface area contributed by atoms with E-state index >= 15 is 0 Å². The fourth-order valence-electron chi connectivity index (χ4n) is 2.30. The number of hydrogen-bond acceptors (Lipinski definition) is 5. The molecule has 0 atom stereocenters. The molecule has 1 aromatic heterocycles. The van der Waals surface area contributed by atoms with E-state index in [0.29, 0.717) is 16.8 Å². The van der Waals surface area contributed by atoms with E-state index < -0.39 is 10.0 Å². The lowest BCUT2D eigenvalue weighted by Crippen LogP contribution is -2.23. The normalized spacial score (nSPS) is 11.1. The van der Waals surface area contributed by atoms with E-state index in [9.17, 15) is 18.3 Å². The summed E-state index contributed by atoms with van der Waals surface area (Å²) in [7, 11) is -3.69. The molecule has 2 aromatic carbocycles. The Balaban J connectivity index is 1.62. The summed E-state index contributed by atoms with van der Waals surface area (Å²) < 4.78 is 26.9. The summed E-state index contributed by atoms with van der Waals surface area (Å²) in [5.74, 6) is -0.284. The zero-order chi connectivity index (χ0) is 19.3. The average molecular weight is 383 g/mol. The number of aromatic nitrogens is 1. The van der Waals surface area contributed by atoms with E-state index in [1.165, 1.54) is 24.3 Å². The summed E-state index contributed by atoms with van der Waals surface area (Å²) in [6, 6.07) is 15.3. The van der Waals surface area contributed by atoms with Gasteiger partial charge in [-0.25, -0.2) is 13.1 Å². The molecule has 8 heteroatoms. The van der Waals surface area contributed by atoms with Gasteiger partial charge in [-0.1, -0.05) is 12.1 Å². The number of sulfonamides is 1.